The number of fused-ring (bicyclic) bond motifs is 3. The van der Waals surface area contributed by atoms with Gasteiger partial charge in [0.25, 0.3) is 0 Å². The third kappa shape index (κ3) is 2.82. The summed E-state index contributed by atoms with van der Waals surface area (Å²) >= 11 is 0. The van der Waals surface area contributed by atoms with Gasteiger partial charge in [-0.1, -0.05) is 19.8 Å². The second-order valence-corrected chi connectivity index (χ2v) is 8.89. The zero-order chi connectivity index (χ0) is 16.8. The largest absolute Gasteiger partial charge is 0.378 e. The topological polar surface area (TPSA) is 18.5 Å². The normalized spacial score (nSPS) is 55.0. The molecule has 4 rings (SSSR count). The molecule has 4 heteroatoms. The van der Waals surface area contributed by atoms with E-state index in [9.17, 15) is 4.39 Å². The molecule has 0 amide bonds. The molecule has 0 spiro atoms. The molecule has 4 aliphatic rings. The maximum atomic E-state index is 15.4. The zero-order valence-corrected chi connectivity index (χ0v) is 15.0. The van der Waals surface area contributed by atoms with Crippen molar-refractivity contribution < 1.29 is 18.3 Å². The Kier molecular flexibility index (Phi) is 4.90. The van der Waals surface area contributed by atoms with Gasteiger partial charge in [0.05, 0.1) is 18.3 Å². The number of rotatable bonds is 2. The molecule has 3 saturated carbocycles. The molecule has 0 N–H and O–H groups in total. The van der Waals surface area contributed by atoms with Crippen molar-refractivity contribution in [2.45, 2.75) is 88.9 Å². The van der Waals surface area contributed by atoms with Crippen LogP contribution in [0.2, 0.25) is 0 Å². The predicted molar refractivity (Wildman–Crippen MR) is 89.3 cm³/mol. The van der Waals surface area contributed by atoms with Gasteiger partial charge < -0.3 is 9.47 Å². The van der Waals surface area contributed by atoms with Crippen molar-refractivity contribution in [1.82, 2.24) is 0 Å². The van der Waals surface area contributed by atoms with Gasteiger partial charge in [-0.05, 0) is 68.1 Å². The van der Waals surface area contributed by atoms with E-state index in [2.05, 4.69) is 6.92 Å². The molecule has 4 fully saturated rings. The summed E-state index contributed by atoms with van der Waals surface area (Å²) in [7, 11) is 1.57. The number of alkyl halides is 2. The third-order valence-electron chi connectivity index (χ3n) is 7.69. The Labute approximate surface area is 144 Å². The van der Waals surface area contributed by atoms with E-state index in [1.807, 2.05) is 0 Å². The highest BCUT2D eigenvalue weighted by atomic mass is 19.1. The molecule has 1 heterocycles. The minimum atomic E-state index is -1.10. The highest BCUT2D eigenvalue weighted by Crippen LogP contribution is 2.52. The molecule has 0 radical (unpaired) electrons. The molecule has 0 aromatic carbocycles. The minimum absolute atomic E-state index is 0.134. The molecule has 0 bridgehead atoms. The summed E-state index contributed by atoms with van der Waals surface area (Å²) in [6.45, 7) is 2.30. The molecule has 138 valence electrons. The van der Waals surface area contributed by atoms with Crippen molar-refractivity contribution in [3.05, 3.63) is 0 Å². The second-order valence-electron chi connectivity index (χ2n) is 8.89. The van der Waals surface area contributed by atoms with Crippen LogP contribution in [-0.4, -0.2) is 37.8 Å². The molecule has 1 saturated heterocycles. The first kappa shape index (κ1) is 17.2. The minimum Gasteiger partial charge on any atom is -0.378 e. The lowest BCUT2D eigenvalue weighted by Crippen LogP contribution is -2.44. The molecule has 7 unspecified atom stereocenters. The number of methoxy groups -OCH3 is 1. The molecule has 1 aliphatic heterocycles. The molecule has 2 nitrogen and oxygen atoms in total. The first-order valence-corrected chi connectivity index (χ1v) is 10.1. The Morgan fingerprint density at radius 3 is 2.00 bits per heavy atom. The maximum Gasteiger partial charge on any atom is 0.152 e. The summed E-state index contributed by atoms with van der Waals surface area (Å²) in [6, 6.07) is 0. The molecule has 0 aromatic heterocycles. The lowest BCUT2D eigenvalue weighted by Gasteiger charge is -2.42. The van der Waals surface area contributed by atoms with Gasteiger partial charge >= 0.3 is 0 Å². The Hall–Kier alpha value is -0.220. The van der Waals surface area contributed by atoms with Crippen LogP contribution in [0.25, 0.3) is 0 Å². The number of hydrogen-bond donors (Lipinski definition) is 0. The second kappa shape index (κ2) is 6.83. The average Bonchev–Trinajstić information content (AvgIpc) is 2.97. The first-order valence-electron chi connectivity index (χ1n) is 10.1. The summed E-state index contributed by atoms with van der Waals surface area (Å²) in [5.41, 5.74) is 0. The molecular formula is C20H32F2O2. The van der Waals surface area contributed by atoms with Crippen molar-refractivity contribution in [1.29, 1.82) is 0 Å². The highest BCUT2D eigenvalue weighted by Gasteiger charge is 2.57. The fourth-order valence-corrected chi connectivity index (χ4v) is 6.22. The van der Waals surface area contributed by atoms with Gasteiger partial charge in [-0.2, -0.15) is 0 Å². The van der Waals surface area contributed by atoms with Crippen LogP contribution >= 0.6 is 0 Å². The number of halogens is 2. The fourth-order valence-electron chi connectivity index (χ4n) is 6.22. The lowest BCUT2D eigenvalue weighted by molar-refractivity contribution is -0.115. The van der Waals surface area contributed by atoms with Crippen LogP contribution in [0.3, 0.4) is 0 Å². The maximum absolute atomic E-state index is 15.4. The van der Waals surface area contributed by atoms with Crippen LogP contribution in [0.15, 0.2) is 0 Å². The highest BCUT2D eigenvalue weighted by molar-refractivity contribution is 5.05. The first-order chi connectivity index (χ1) is 11.6. The Morgan fingerprint density at radius 1 is 0.750 bits per heavy atom. The molecule has 3 aliphatic carbocycles. The standard InChI is InChI=1S/C20H32F2O2/c1-11-3-5-12(6-4-11)13-7-8-14-15-9-10-16(23-2)18(22)20(15)24-19(14)17(13)21/h11-20H,3-10H2,1-2H3/t11?,12?,13-,14?,15?,16?,17?,18?,19?,20?/m0/s1. The summed E-state index contributed by atoms with van der Waals surface area (Å²) < 4.78 is 41.4. The molecular weight excluding hydrogens is 310 g/mol. The number of hydrogen-bond acceptors (Lipinski definition) is 2. The van der Waals surface area contributed by atoms with E-state index in [0.29, 0.717) is 5.92 Å². The van der Waals surface area contributed by atoms with Gasteiger partial charge in [0, 0.05) is 7.11 Å². The van der Waals surface area contributed by atoms with E-state index in [-0.39, 0.29) is 30.0 Å². The van der Waals surface area contributed by atoms with Gasteiger partial charge in [0.1, 0.15) is 6.17 Å². The van der Waals surface area contributed by atoms with Crippen LogP contribution in [0.5, 0.6) is 0 Å². The van der Waals surface area contributed by atoms with Crippen LogP contribution in [0.1, 0.15) is 58.3 Å². The van der Waals surface area contributed by atoms with E-state index < -0.39 is 18.4 Å². The Bertz CT molecular complexity index is 437. The average molecular weight is 342 g/mol. The van der Waals surface area contributed by atoms with Gasteiger partial charge in [0.15, 0.2) is 6.17 Å². The van der Waals surface area contributed by atoms with Gasteiger partial charge in [-0.3, -0.25) is 0 Å². The summed E-state index contributed by atoms with van der Waals surface area (Å²) in [5, 5.41) is 0. The van der Waals surface area contributed by atoms with Crippen molar-refractivity contribution in [3.63, 3.8) is 0 Å². The predicted octanol–water partition coefficient (Wildman–Crippen LogP) is 4.71. The smallest absolute Gasteiger partial charge is 0.152 e. The molecule has 8 atom stereocenters. The van der Waals surface area contributed by atoms with Crippen molar-refractivity contribution in [2.75, 3.05) is 7.11 Å². The van der Waals surface area contributed by atoms with Crippen molar-refractivity contribution in [2.24, 2.45) is 29.6 Å². The quantitative estimate of drug-likeness (QED) is 0.724. The van der Waals surface area contributed by atoms with E-state index in [1.165, 1.54) is 12.8 Å². The van der Waals surface area contributed by atoms with E-state index in [1.54, 1.807) is 7.11 Å². The summed E-state index contributed by atoms with van der Waals surface area (Å²) in [5.74, 6) is 1.85. The van der Waals surface area contributed by atoms with Crippen LogP contribution in [-0.2, 0) is 9.47 Å². The van der Waals surface area contributed by atoms with E-state index >= 15 is 4.39 Å². The SMILES string of the molecule is COC1CCC2C3CC[C@@H](C4CCC(C)CC4)C(F)C3OC2C1F. The van der Waals surface area contributed by atoms with Gasteiger partial charge in [0.2, 0.25) is 0 Å². The van der Waals surface area contributed by atoms with E-state index in [0.717, 1.165) is 44.4 Å². The van der Waals surface area contributed by atoms with Gasteiger partial charge in [-0.25, -0.2) is 8.78 Å². The number of ether oxygens (including phenoxy) is 2. The van der Waals surface area contributed by atoms with Crippen molar-refractivity contribution in [3.8, 4) is 0 Å². The molecule has 0 aromatic rings. The lowest BCUT2D eigenvalue weighted by atomic mass is 9.64. The van der Waals surface area contributed by atoms with Crippen LogP contribution < -0.4 is 0 Å². The third-order valence-corrected chi connectivity index (χ3v) is 7.69. The Morgan fingerprint density at radius 2 is 1.33 bits per heavy atom. The van der Waals surface area contributed by atoms with Crippen molar-refractivity contribution >= 4 is 0 Å². The fraction of sp³-hybridized carbons (Fsp3) is 1.00. The van der Waals surface area contributed by atoms with E-state index in [4.69, 9.17) is 9.47 Å². The Balaban J connectivity index is 1.45. The van der Waals surface area contributed by atoms with Crippen LogP contribution in [0, 0.1) is 29.6 Å². The zero-order valence-electron chi connectivity index (χ0n) is 15.0. The summed E-state index contributed by atoms with van der Waals surface area (Å²) in [6.07, 6.45) is 5.26. The van der Waals surface area contributed by atoms with Crippen LogP contribution in [0.4, 0.5) is 8.78 Å². The monoisotopic (exact) mass is 342 g/mol. The molecule has 24 heavy (non-hydrogen) atoms. The summed E-state index contributed by atoms with van der Waals surface area (Å²) in [4.78, 5) is 0. The van der Waals surface area contributed by atoms with Gasteiger partial charge in [-0.15, -0.1) is 0 Å².